The molecule has 0 unspecified atom stereocenters. The molecule has 29 heavy (non-hydrogen) atoms. The third kappa shape index (κ3) is 4.40. The van der Waals surface area contributed by atoms with Crippen molar-refractivity contribution in [3.05, 3.63) is 69.9 Å². The fraction of sp³-hybridized carbons (Fsp3) is 0.238. The first kappa shape index (κ1) is 21.2. The van der Waals surface area contributed by atoms with E-state index in [2.05, 4.69) is 5.32 Å². The Labute approximate surface area is 178 Å². The molecule has 0 fully saturated rings. The summed E-state index contributed by atoms with van der Waals surface area (Å²) >= 11 is 12.0. The van der Waals surface area contributed by atoms with E-state index in [9.17, 15) is 14.7 Å². The Kier molecular flexibility index (Phi) is 6.17. The van der Waals surface area contributed by atoms with Crippen LogP contribution >= 0.6 is 23.2 Å². The molecular formula is C21H20Cl2N2O4. The summed E-state index contributed by atoms with van der Waals surface area (Å²) in [6.45, 7) is 2.64. The molecule has 6 nitrogen and oxygen atoms in total. The van der Waals surface area contributed by atoms with Crippen LogP contribution < -0.4 is 5.32 Å². The molecule has 1 heterocycles. The molecule has 0 saturated heterocycles. The molecule has 2 N–H and O–H groups in total. The van der Waals surface area contributed by atoms with Crippen molar-refractivity contribution in [3.63, 3.8) is 0 Å². The summed E-state index contributed by atoms with van der Waals surface area (Å²) < 4.78 is 5.61. The summed E-state index contributed by atoms with van der Waals surface area (Å²) in [6, 6.07) is 13.6. The molecule has 0 aromatic heterocycles. The van der Waals surface area contributed by atoms with Crippen LogP contribution in [0.3, 0.4) is 0 Å². The van der Waals surface area contributed by atoms with Gasteiger partial charge in [0, 0.05) is 15.7 Å². The second-order valence-corrected chi connectivity index (χ2v) is 7.87. The van der Waals surface area contributed by atoms with Crippen LogP contribution in [-0.2, 0) is 14.3 Å². The number of hydrogen-bond donors (Lipinski definition) is 2. The molecule has 0 radical (unpaired) electrons. The molecule has 2 aromatic rings. The lowest BCUT2D eigenvalue weighted by molar-refractivity contribution is -0.147. The van der Waals surface area contributed by atoms with Crippen molar-refractivity contribution in [3.8, 4) is 0 Å². The average molecular weight is 435 g/mol. The largest absolute Gasteiger partial charge is 0.474 e. The highest BCUT2D eigenvalue weighted by atomic mass is 35.5. The number of amides is 2. The first-order valence-electron chi connectivity index (χ1n) is 8.85. The number of carbonyl (C=O) groups is 2. The van der Waals surface area contributed by atoms with E-state index in [1.807, 2.05) is 6.07 Å². The van der Waals surface area contributed by atoms with Gasteiger partial charge in [-0.3, -0.25) is 14.5 Å². The van der Waals surface area contributed by atoms with Gasteiger partial charge in [-0.05, 0) is 37.6 Å². The molecule has 8 heteroatoms. The fourth-order valence-corrected chi connectivity index (χ4v) is 3.52. The quantitative estimate of drug-likeness (QED) is 0.746. The predicted octanol–water partition coefficient (Wildman–Crippen LogP) is 3.93. The van der Waals surface area contributed by atoms with Crippen LogP contribution in [0.4, 0.5) is 5.69 Å². The molecule has 2 amide bonds. The van der Waals surface area contributed by atoms with Crippen molar-refractivity contribution >= 4 is 46.3 Å². The number of ether oxygens (including phenoxy) is 1. The Morgan fingerprint density at radius 1 is 1.17 bits per heavy atom. The monoisotopic (exact) mass is 434 g/mol. The summed E-state index contributed by atoms with van der Waals surface area (Å²) in [5, 5.41) is 13.1. The average Bonchev–Trinajstić information content (AvgIpc) is 2.67. The van der Waals surface area contributed by atoms with Gasteiger partial charge in [0.25, 0.3) is 5.91 Å². The smallest absolute Gasteiger partial charge is 0.261 e. The Balaban J connectivity index is 1.89. The second-order valence-electron chi connectivity index (χ2n) is 7.00. The van der Waals surface area contributed by atoms with E-state index in [1.54, 1.807) is 56.3 Å². The van der Waals surface area contributed by atoms with Gasteiger partial charge in [0.1, 0.15) is 17.9 Å². The maximum atomic E-state index is 13.3. The standard InChI is InChI=1S/C21H20Cl2N2O4/c1-21(2,20(28)24-16-9-14(22)8-15(23)10-16)25-12-29-17(11-26)18(19(25)27)13-6-4-3-5-7-13/h3-10,26H,11-12H2,1-2H3,(H,24,28). The topological polar surface area (TPSA) is 78.9 Å². The van der Waals surface area contributed by atoms with Crippen molar-refractivity contribution in [1.82, 2.24) is 4.90 Å². The van der Waals surface area contributed by atoms with Crippen LogP contribution in [0.25, 0.3) is 5.57 Å². The Hall–Kier alpha value is -2.54. The van der Waals surface area contributed by atoms with Gasteiger partial charge >= 0.3 is 0 Å². The number of rotatable bonds is 5. The highest BCUT2D eigenvalue weighted by molar-refractivity contribution is 6.35. The van der Waals surface area contributed by atoms with E-state index < -0.39 is 24.0 Å². The number of anilines is 1. The maximum absolute atomic E-state index is 13.3. The molecular weight excluding hydrogens is 415 g/mol. The lowest BCUT2D eigenvalue weighted by Crippen LogP contribution is -2.57. The molecule has 0 spiro atoms. The van der Waals surface area contributed by atoms with Gasteiger partial charge in [-0.25, -0.2) is 0 Å². The van der Waals surface area contributed by atoms with E-state index in [1.165, 1.54) is 4.90 Å². The number of hydrogen-bond acceptors (Lipinski definition) is 4. The van der Waals surface area contributed by atoms with E-state index in [0.29, 0.717) is 21.3 Å². The zero-order valence-electron chi connectivity index (χ0n) is 15.9. The lowest BCUT2D eigenvalue weighted by atomic mass is 9.96. The number of benzene rings is 2. The van der Waals surface area contributed by atoms with Gasteiger partial charge in [-0.2, -0.15) is 0 Å². The minimum Gasteiger partial charge on any atom is -0.474 e. The molecule has 3 rings (SSSR count). The van der Waals surface area contributed by atoms with Crippen molar-refractivity contribution in [2.75, 3.05) is 18.7 Å². The van der Waals surface area contributed by atoms with Gasteiger partial charge in [0.15, 0.2) is 6.73 Å². The zero-order valence-corrected chi connectivity index (χ0v) is 17.4. The van der Waals surface area contributed by atoms with E-state index >= 15 is 0 Å². The highest BCUT2D eigenvalue weighted by Gasteiger charge is 2.42. The predicted molar refractivity (Wildman–Crippen MR) is 112 cm³/mol. The molecule has 0 saturated carbocycles. The molecule has 152 valence electrons. The van der Waals surface area contributed by atoms with Crippen molar-refractivity contribution in [1.29, 1.82) is 0 Å². The molecule has 1 aliphatic heterocycles. The van der Waals surface area contributed by atoms with Gasteiger partial charge in [0.05, 0.1) is 5.57 Å². The van der Waals surface area contributed by atoms with Gasteiger partial charge in [0.2, 0.25) is 5.91 Å². The van der Waals surface area contributed by atoms with Gasteiger partial charge < -0.3 is 15.2 Å². The molecule has 2 aromatic carbocycles. The van der Waals surface area contributed by atoms with E-state index in [4.69, 9.17) is 27.9 Å². The van der Waals surface area contributed by atoms with E-state index in [-0.39, 0.29) is 18.1 Å². The Bertz CT molecular complexity index is 954. The summed E-state index contributed by atoms with van der Waals surface area (Å²) in [5.74, 6) is -0.668. The normalized spacial score (nSPS) is 14.7. The number of nitrogens with zero attached hydrogens (tertiary/aromatic N) is 1. The van der Waals surface area contributed by atoms with Crippen LogP contribution in [-0.4, -0.2) is 40.7 Å². The van der Waals surface area contributed by atoms with Gasteiger partial charge in [-0.15, -0.1) is 0 Å². The fourth-order valence-electron chi connectivity index (χ4n) is 2.99. The van der Waals surface area contributed by atoms with Crippen LogP contribution in [0.1, 0.15) is 19.4 Å². The summed E-state index contributed by atoms with van der Waals surface area (Å²) in [4.78, 5) is 27.6. The third-order valence-corrected chi connectivity index (χ3v) is 5.10. The zero-order chi connectivity index (χ0) is 21.2. The van der Waals surface area contributed by atoms with Crippen LogP contribution in [0.15, 0.2) is 54.3 Å². The minimum atomic E-state index is -1.26. The molecule has 0 atom stereocenters. The van der Waals surface area contributed by atoms with Crippen molar-refractivity contribution < 1.29 is 19.4 Å². The Morgan fingerprint density at radius 2 is 1.79 bits per heavy atom. The number of nitrogens with one attached hydrogen (secondary N) is 1. The third-order valence-electron chi connectivity index (χ3n) is 4.66. The maximum Gasteiger partial charge on any atom is 0.261 e. The Morgan fingerprint density at radius 3 is 2.38 bits per heavy atom. The van der Waals surface area contributed by atoms with Gasteiger partial charge in [-0.1, -0.05) is 53.5 Å². The summed E-state index contributed by atoms with van der Waals surface area (Å²) in [6.07, 6.45) is 0. The van der Waals surface area contributed by atoms with Crippen molar-refractivity contribution in [2.24, 2.45) is 0 Å². The molecule has 1 aliphatic rings. The number of aliphatic hydroxyl groups is 1. The lowest BCUT2D eigenvalue weighted by Gasteiger charge is -2.40. The summed E-state index contributed by atoms with van der Waals surface area (Å²) in [7, 11) is 0. The first-order chi connectivity index (χ1) is 13.7. The van der Waals surface area contributed by atoms with E-state index in [0.717, 1.165) is 0 Å². The summed E-state index contributed by atoms with van der Waals surface area (Å²) in [5.41, 5.74) is -0.0108. The van der Waals surface area contributed by atoms with Crippen LogP contribution in [0.2, 0.25) is 10.0 Å². The number of halogens is 2. The molecule has 0 bridgehead atoms. The minimum absolute atomic E-state index is 0.165. The number of carbonyl (C=O) groups excluding carboxylic acids is 2. The first-order valence-corrected chi connectivity index (χ1v) is 9.61. The molecule has 0 aliphatic carbocycles. The van der Waals surface area contributed by atoms with Crippen molar-refractivity contribution in [2.45, 2.75) is 19.4 Å². The SMILES string of the molecule is CC(C)(C(=O)Nc1cc(Cl)cc(Cl)c1)N1COC(CO)=C(c2ccccc2)C1=O. The number of aliphatic hydroxyl groups excluding tert-OH is 1. The van der Waals surface area contributed by atoms with Crippen LogP contribution in [0.5, 0.6) is 0 Å². The highest BCUT2D eigenvalue weighted by Crippen LogP contribution is 2.31. The second kappa shape index (κ2) is 8.45. The van der Waals surface area contributed by atoms with Crippen LogP contribution in [0, 0.1) is 0 Å².